The van der Waals surface area contributed by atoms with Gasteiger partial charge in [0.15, 0.2) is 0 Å². The standard InChI is InChI=1S/Fe.4Na.H4O7P2.4H/c;;;;;1-8(2,3)7-9(4,5)6;;;;/h;;;;;(H2,1,2,3)(H2,4,5,6);;;;/q;4*+1;;4*-1. The van der Waals surface area contributed by atoms with Gasteiger partial charge in [-0.2, -0.15) is 4.31 Å². The summed E-state index contributed by atoms with van der Waals surface area (Å²) in [6.45, 7) is 0. The third-order valence-electron chi connectivity index (χ3n) is 0.213. The maximum Gasteiger partial charge on any atom is 1.00 e. The molecule has 0 rings (SSSR count). The van der Waals surface area contributed by atoms with Crippen LogP contribution in [0.3, 0.4) is 0 Å². The summed E-state index contributed by atoms with van der Waals surface area (Å²) in [6.07, 6.45) is 0. The molecule has 7 nitrogen and oxygen atoms in total. The van der Waals surface area contributed by atoms with Crippen LogP contribution in [0.25, 0.3) is 0 Å². The van der Waals surface area contributed by atoms with Crippen LogP contribution < -0.4 is 118 Å². The minimum absolute atomic E-state index is 0. The van der Waals surface area contributed by atoms with Crippen molar-refractivity contribution in [1.82, 2.24) is 0 Å². The summed E-state index contributed by atoms with van der Waals surface area (Å²) in [4.78, 5) is 31.0. The molecular weight excluding hydrogens is 322 g/mol. The van der Waals surface area contributed by atoms with Gasteiger partial charge < -0.3 is 25.3 Å². The molecule has 0 spiro atoms. The monoisotopic (exact) mass is 330 g/mol. The van der Waals surface area contributed by atoms with Crippen molar-refractivity contribution in [2.24, 2.45) is 0 Å². The normalized spacial score (nSPS) is 8.86. The van der Waals surface area contributed by atoms with E-state index in [0.29, 0.717) is 0 Å². The first kappa shape index (κ1) is 36.3. The summed E-state index contributed by atoms with van der Waals surface area (Å²) in [6, 6.07) is 0. The molecule has 0 aliphatic carbocycles. The Morgan fingerprint density at radius 1 is 0.786 bits per heavy atom. The van der Waals surface area contributed by atoms with Crippen LogP contribution in [0.1, 0.15) is 5.71 Å². The molecule has 14 heteroatoms. The minimum Gasteiger partial charge on any atom is -1.00 e. The maximum absolute atomic E-state index is 9.63. The van der Waals surface area contributed by atoms with Crippen molar-refractivity contribution in [3.05, 3.63) is 0 Å². The fourth-order valence-electron chi connectivity index (χ4n) is 0.139. The molecule has 72 valence electrons. The van der Waals surface area contributed by atoms with Gasteiger partial charge in [0.25, 0.3) is 0 Å². The van der Waals surface area contributed by atoms with E-state index in [0.717, 1.165) is 0 Å². The smallest absolute Gasteiger partial charge is 1.00 e. The predicted octanol–water partition coefficient (Wildman–Crippen LogP) is -12.3. The van der Waals surface area contributed by atoms with Crippen molar-refractivity contribution < 1.29 is 174 Å². The summed E-state index contributed by atoms with van der Waals surface area (Å²) in [5, 5.41) is 0. The molecule has 0 bridgehead atoms. The van der Waals surface area contributed by atoms with Gasteiger partial charge >= 0.3 is 134 Å². The van der Waals surface area contributed by atoms with E-state index in [2.05, 4.69) is 4.31 Å². The van der Waals surface area contributed by atoms with Crippen molar-refractivity contribution in [3.8, 4) is 0 Å². The minimum atomic E-state index is -5.05. The largest absolute Gasteiger partial charge is 1.00 e. The van der Waals surface area contributed by atoms with Gasteiger partial charge in [0.05, 0.1) is 0 Å². The van der Waals surface area contributed by atoms with Crippen molar-refractivity contribution in [1.29, 1.82) is 0 Å². The SMILES string of the molecule is O=P(O)(O)OP(=O)(O)O.[Fe].[H-].[H-].[H-].[H-].[Na+].[Na+].[Na+].[Na+]. The van der Waals surface area contributed by atoms with Crippen LogP contribution in [0.2, 0.25) is 0 Å². The van der Waals surface area contributed by atoms with Crippen LogP contribution in [0.15, 0.2) is 0 Å². The molecule has 0 atom stereocenters. The van der Waals surface area contributed by atoms with E-state index in [-0.39, 0.29) is 141 Å². The third-order valence-corrected chi connectivity index (χ3v) is 1.91. The quantitative estimate of drug-likeness (QED) is 0.293. The van der Waals surface area contributed by atoms with Crippen molar-refractivity contribution in [2.75, 3.05) is 0 Å². The summed E-state index contributed by atoms with van der Waals surface area (Å²) < 4.78 is 22.2. The van der Waals surface area contributed by atoms with Crippen LogP contribution >= 0.6 is 15.6 Å². The summed E-state index contributed by atoms with van der Waals surface area (Å²) in [7, 11) is -10.1. The van der Waals surface area contributed by atoms with Crippen molar-refractivity contribution in [3.63, 3.8) is 0 Å². The molecule has 0 amide bonds. The number of hydrogen-bond donors (Lipinski definition) is 4. The van der Waals surface area contributed by atoms with E-state index in [4.69, 9.17) is 19.6 Å². The molecule has 0 radical (unpaired) electrons. The fraction of sp³-hybridized carbons (Fsp3) is 0. The second-order valence-electron chi connectivity index (χ2n) is 1.06. The van der Waals surface area contributed by atoms with Gasteiger partial charge in [0, 0.05) is 17.1 Å². The number of hydrogen-bond acceptors (Lipinski definition) is 3. The molecule has 4 N–H and O–H groups in total. The Hall–Kier alpha value is 4.78. The first-order chi connectivity index (χ1) is 3.71. The molecule has 14 heavy (non-hydrogen) atoms. The van der Waals surface area contributed by atoms with E-state index in [1.165, 1.54) is 0 Å². The summed E-state index contributed by atoms with van der Waals surface area (Å²) in [5.41, 5.74) is 0. The van der Waals surface area contributed by atoms with E-state index >= 15 is 0 Å². The second kappa shape index (κ2) is 15.8. The summed E-state index contributed by atoms with van der Waals surface area (Å²) in [5.74, 6) is 0. The van der Waals surface area contributed by atoms with Crippen LogP contribution in [0.5, 0.6) is 0 Å². The first-order valence-corrected chi connectivity index (χ1v) is 4.59. The Labute approximate surface area is 186 Å². The Kier molecular flexibility index (Phi) is 41.1. The van der Waals surface area contributed by atoms with E-state index in [9.17, 15) is 9.13 Å². The third kappa shape index (κ3) is 36.0. The topological polar surface area (TPSA) is 124 Å². The molecule has 0 fully saturated rings. The number of rotatable bonds is 2. The molecule has 0 aliphatic rings. The van der Waals surface area contributed by atoms with E-state index in [1.807, 2.05) is 0 Å². The first-order valence-electron chi connectivity index (χ1n) is 1.53. The van der Waals surface area contributed by atoms with Gasteiger partial charge in [-0.25, -0.2) is 9.13 Å². The maximum atomic E-state index is 9.63. The molecule has 0 heterocycles. The average Bonchev–Trinajstić information content (AvgIpc) is 1.14. The molecule has 0 aromatic heterocycles. The number of phosphoric acid groups is 2. The zero-order chi connectivity index (χ0) is 7.71. The average molecular weight is 330 g/mol. The molecule has 0 aliphatic heterocycles. The Balaban J connectivity index is -0.00000000889. The van der Waals surface area contributed by atoms with E-state index in [1.54, 1.807) is 0 Å². The van der Waals surface area contributed by atoms with Crippen molar-refractivity contribution in [2.45, 2.75) is 0 Å². The molecule has 0 aromatic carbocycles. The van der Waals surface area contributed by atoms with Gasteiger partial charge in [0.1, 0.15) is 0 Å². The van der Waals surface area contributed by atoms with Crippen LogP contribution in [-0.4, -0.2) is 19.6 Å². The Morgan fingerprint density at radius 2 is 0.929 bits per heavy atom. The molecule has 0 aromatic rings. The molecular formula is H8FeNa4O7P2. The zero-order valence-corrected chi connectivity index (χ0v) is 19.2. The fourth-order valence-corrected chi connectivity index (χ4v) is 1.25. The van der Waals surface area contributed by atoms with Gasteiger partial charge in [-0.1, -0.05) is 0 Å². The van der Waals surface area contributed by atoms with Crippen LogP contribution in [-0.2, 0) is 30.5 Å². The van der Waals surface area contributed by atoms with Gasteiger partial charge in [0.2, 0.25) is 0 Å². The molecule has 0 saturated heterocycles. The summed E-state index contributed by atoms with van der Waals surface area (Å²) >= 11 is 0. The van der Waals surface area contributed by atoms with Crippen LogP contribution in [0, 0.1) is 0 Å². The van der Waals surface area contributed by atoms with Gasteiger partial charge in [-0.15, -0.1) is 0 Å². The van der Waals surface area contributed by atoms with Crippen molar-refractivity contribution >= 4 is 15.6 Å². The molecule has 0 unspecified atom stereocenters. The zero-order valence-electron chi connectivity index (χ0n) is 12.3. The van der Waals surface area contributed by atoms with Gasteiger partial charge in [-0.05, 0) is 0 Å². The second-order valence-corrected chi connectivity index (χ2v) is 3.68. The predicted molar refractivity (Wildman–Crippen MR) is 29.6 cm³/mol. The Morgan fingerprint density at radius 3 is 0.929 bits per heavy atom. The van der Waals surface area contributed by atoms with Crippen LogP contribution in [0.4, 0.5) is 0 Å². The Bertz CT molecular complexity index is 178. The van der Waals surface area contributed by atoms with Gasteiger partial charge in [-0.3, -0.25) is 0 Å². The molecule has 0 saturated carbocycles. The van der Waals surface area contributed by atoms with E-state index < -0.39 is 15.6 Å².